The fourth-order valence-corrected chi connectivity index (χ4v) is 4.55. The number of methoxy groups -OCH3 is 2. The smallest absolute Gasteiger partial charge is 0.175 e. The molecule has 0 aliphatic carbocycles. The number of benzene rings is 2. The summed E-state index contributed by atoms with van der Waals surface area (Å²) in [5.41, 5.74) is 9.47. The number of nitrogen functional groups attached to an aromatic ring is 1. The van der Waals surface area contributed by atoms with Crippen molar-refractivity contribution in [2.75, 3.05) is 20.0 Å². The number of aromatic nitrogens is 4. The average Bonchev–Trinajstić information content (AvgIpc) is 3.12. The Hall–Kier alpha value is -2.24. The molecule has 4 aromatic rings. The second-order valence-corrected chi connectivity index (χ2v) is 8.31. The van der Waals surface area contributed by atoms with E-state index in [-0.39, 0.29) is 24.0 Å². The fraction of sp³-hybridized carbons (Fsp3) is 0.227. The SMILES string of the molecule is COc1cc(C)c(Sc2nc3c(N)ncnc3n2CCc2ccccc2Cl)cc1OC.I. The van der Waals surface area contributed by atoms with Crippen LogP contribution in [-0.2, 0) is 13.0 Å². The second kappa shape index (κ2) is 10.6. The Morgan fingerprint density at radius 1 is 1.09 bits per heavy atom. The Kier molecular flexibility index (Phi) is 8.07. The summed E-state index contributed by atoms with van der Waals surface area (Å²) in [4.78, 5) is 14.3. The van der Waals surface area contributed by atoms with E-state index in [0.29, 0.717) is 35.0 Å². The van der Waals surface area contributed by atoms with E-state index < -0.39 is 0 Å². The number of halogens is 2. The Labute approximate surface area is 212 Å². The largest absolute Gasteiger partial charge is 0.493 e. The first-order chi connectivity index (χ1) is 15.0. The van der Waals surface area contributed by atoms with Gasteiger partial charge >= 0.3 is 0 Å². The number of nitrogens with zero attached hydrogens (tertiary/aromatic N) is 4. The maximum absolute atomic E-state index is 6.36. The normalized spacial score (nSPS) is 10.8. The number of ether oxygens (including phenoxy) is 2. The molecule has 0 aliphatic rings. The zero-order valence-corrected chi connectivity index (χ0v) is 21.7. The number of rotatable bonds is 7. The van der Waals surface area contributed by atoms with Crippen LogP contribution in [0.5, 0.6) is 11.5 Å². The van der Waals surface area contributed by atoms with Gasteiger partial charge in [0.05, 0.1) is 14.2 Å². The lowest BCUT2D eigenvalue weighted by molar-refractivity contribution is 0.353. The highest BCUT2D eigenvalue weighted by Crippen LogP contribution is 2.39. The summed E-state index contributed by atoms with van der Waals surface area (Å²) in [5.74, 6) is 1.70. The van der Waals surface area contributed by atoms with Gasteiger partial charge in [0.2, 0.25) is 0 Å². The molecule has 0 fully saturated rings. The zero-order valence-electron chi connectivity index (χ0n) is 17.8. The first-order valence-corrected chi connectivity index (χ1v) is 10.8. The first kappa shape index (κ1) is 24.4. The summed E-state index contributed by atoms with van der Waals surface area (Å²) < 4.78 is 12.9. The van der Waals surface area contributed by atoms with Crippen LogP contribution in [0.2, 0.25) is 5.02 Å². The summed E-state index contributed by atoms with van der Waals surface area (Å²) in [6.07, 6.45) is 2.19. The number of hydrogen-bond donors (Lipinski definition) is 1. The molecule has 0 saturated carbocycles. The van der Waals surface area contributed by atoms with Crippen molar-refractivity contribution < 1.29 is 9.47 Å². The van der Waals surface area contributed by atoms with Gasteiger partial charge in [0.15, 0.2) is 33.6 Å². The van der Waals surface area contributed by atoms with E-state index in [9.17, 15) is 0 Å². The van der Waals surface area contributed by atoms with Crippen LogP contribution in [0.15, 0.2) is 52.8 Å². The highest BCUT2D eigenvalue weighted by atomic mass is 127. The monoisotopic (exact) mass is 583 g/mol. The third-order valence-corrected chi connectivity index (χ3v) is 6.49. The molecule has 2 aromatic carbocycles. The van der Waals surface area contributed by atoms with Crippen molar-refractivity contribution in [3.05, 3.63) is 58.9 Å². The number of imidazole rings is 1. The van der Waals surface area contributed by atoms with Gasteiger partial charge in [-0.05, 0) is 42.7 Å². The number of anilines is 1. The quantitative estimate of drug-likeness (QED) is 0.292. The van der Waals surface area contributed by atoms with Gasteiger partial charge in [-0.15, -0.1) is 24.0 Å². The molecule has 2 heterocycles. The number of hydrogen-bond acceptors (Lipinski definition) is 7. The molecule has 0 unspecified atom stereocenters. The van der Waals surface area contributed by atoms with Crippen LogP contribution in [0.4, 0.5) is 5.82 Å². The van der Waals surface area contributed by atoms with E-state index >= 15 is 0 Å². The minimum Gasteiger partial charge on any atom is -0.493 e. The number of aryl methyl sites for hydroxylation is 3. The summed E-state index contributed by atoms with van der Waals surface area (Å²) in [6, 6.07) is 11.7. The lowest BCUT2D eigenvalue weighted by Gasteiger charge is -2.13. The molecule has 7 nitrogen and oxygen atoms in total. The average molecular weight is 584 g/mol. The minimum absolute atomic E-state index is 0. The predicted molar refractivity (Wildman–Crippen MR) is 139 cm³/mol. The topological polar surface area (TPSA) is 88.1 Å². The van der Waals surface area contributed by atoms with Crippen molar-refractivity contribution in [2.45, 2.75) is 29.9 Å². The van der Waals surface area contributed by atoms with Crippen LogP contribution in [0, 0.1) is 6.92 Å². The van der Waals surface area contributed by atoms with Crippen LogP contribution in [0.3, 0.4) is 0 Å². The lowest BCUT2D eigenvalue weighted by atomic mass is 10.1. The summed E-state index contributed by atoms with van der Waals surface area (Å²) in [7, 11) is 3.25. The van der Waals surface area contributed by atoms with Crippen molar-refractivity contribution in [3.63, 3.8) is 0 Å². The van der Waals surface area contributed by atoms with E-state index in [1.807, 2.05) is 43.3 Å². The van der Waals surface area contributed by atoms with Crippen LogP contribution < -0.4 is 15.2 Å². The first-order valence-electron chi connectivity index (χ1n) is 9.62. The third-order valence-electron chi connectivity index (χ3n) is 4.97. The van der Waals surface area contributed by atoms with Crippen molar-refractivity contribution >= 4 is 64.3 Å². The van der Waals surface area contributed by atoms with Gasteiger partial charge < -0.3 is 19.8 Å². The van der Waals surface area contributed by atoms with Crippen molar-refractivity contribution in [1.29, 1.82) is 0 Å². The summed E-state index contributed by atoms with van der Waals surface area (Å²) in [5, 5.41) is 1.51. The Balaban J connectivity index is 0.00000289. The Morgan fingerprint density at radius 2 is 1.81 bits per heavy atom. The van der Waals surface area contributed by atoms with Gasteiger partial charge in [-0.1, -0.05) is 41.6 Å². The Bertz CT molecular complexity index is 1250. The van der Waals surface area contributed by atoms with Crippen LogP contribution in [0.1, 0.15) is 11.1 Å². The van der Waals surface area contributed by atoms with Gasteiger partial charge in [0.1, 0.15) is 6.33 Å². The van der Waals surface area contributed by atoms with E-state index in [2.05, 4.69) is 14.5 Å². The molecule has 0 spiro atoms. The predicted octanol–water partition coefficient (Wildman–Crippen LogP) is 5.40. The molecule has 4 rings (SSSR count). The summed E-state index contributed by atoms with van der Waals surface area (Å²) in [6.45, 7) is 2.67. The van der Waals surface area contributed by atoms with Gasteiger partial charge in [-0.2, -0.15) is 0 Å². The van der Waals surface area contributed by atoms with Gasteiger partial charge in [-0.3, -0.25) is 0 Å². The molecular formula is C22H23ClIN5O2S. The molecule has 0 aliphatic heterocycles. The van der Waals surface area contributed by atoms with Gasteiger partial charge in [-0.25, -0.2) is 15.0 Å². The van der Waals surface area contributed by atoms with Crippen molar-refractivity contribution in [2.24, 2.45) is 0 Å². The van der Waals surface area contributed by atoms with Crippen molar-refractivity contribution in [1.82, 2.24) is 19.5 Å². The third kappa shape index (κ3) is 4.89. The van der Waals surface area contributed by atoms with Crippen LogP contribution >= 0.6 is 47.3 Å². The molecule has 32 heavy (non-hydrogen) atoms. The second-order valence-electron chi connectivity index (χ2n) is 6.89. The standard InChI is InChI=1S/C22H22ClN5O2S.HI/c1-13-10-16(29-2)17(30-3)11-18(13)31-22-27-19-20(24)25-12-26-21(19)28(22)9-8-14-6-4-5-7-15(14)23;/h4-7,10-12H,8-9H2,1-3H3,(H2,24,25,26);1H. The van der Waals surface area contributed by atoms with Gasteiger partial charge in [0.25, 0.3) is 0 Å². The molecule has 2 aromatic heterocycles. The van der Waals surface area contributed by atoms with E-state index in [1.165, 1.54) is 18.1 Å². The number of fused-ring (bicyclic) bond motifs is 1. The highest BCUT2D eigenvalue weighted by Gasteiger charge is 2.18. The molecule has 0 saturated heterocycles. The maximum atomic E-state index is 6.36. The maximum Gasteiger partial charge on any atom is 0.175 e. The molecule has 168 valence electrons. The molecule has 10 heteroatoms. The molecule has 0 radical (unpaired) electrons. The lowest BCUT2D eigenvalue weighted by Crippen LogP contribution is -2.05. The molecule has 0 atom stereocenters. The zero-order chi connectivity index (χ0) is 22.0. The molecule has 0 bridgehead atoms. The van der Waals surface area contributed by atoms with Crippen LogP contribution in [-0.4, -0.2) is 33.7 Å². The molecule has 2 N–H and O–H groups in total. The fourth-order valence-electron chi connectivity index (χ4n) is 3.32. The van der Waals surface area contributed by atoms with E-state index in [1.54, 1.807) is 14.2 Å². The molecular weight excluding hydrogens is 561 g/mol. The molecule has 0 amide bonds. The highest BCUT2D eigenvalue weighted by molar-refractivity contribution is 14.0. The number of nitrogens with two attached hydrogens (primary N) is 1. The van der Waals surface area contributed by atoms with Gasteiger partial charge in [0, 0.05) is 16.5 Å². The summed E-state index contributed by atoms with van der Waals surface area (Å²) >= 11 is 7.88. The van der Waals surface area contributed by atoms with E-state index in [4.69, 9.17) is 31.8 Å². The Morgan fingerprint density at radius 3 is 2.53 bits per heavy atom. The van der Waals surface area contributed by atoms with Crippen molar-refractivity contribution in [3.8, 4) is 11.5 Å². The minimum atomic E-state index is 0. The van der Waals surface area contributed by atoms with E-state index in [0.717, 1.165) is 32.6 Å². The van der Waals surface area contributed by atoms with Crippen LogP contribution in [0.25, 0.3) is 11.2 Å².